The first kappa shape index (κ1) is 11.3. The molecule has 0 fully saturated rings. The molecule has 17 heavy (non-hydrogen) atoms. The molecule has 0 bridgehead atoms. The lowest BCUT2D eigenvalue weighted by Crippen LogP contribution is -2.49. The molecule has 2 rings (SSSR count). The lowest BCUT2D eigenvalue weighted by molar-refractivity contribution is -0.730. The van der Waals surface area contributed by atoms with Gasteiger partial charge in [0, 0.05) is 18.2 Å². The fourth-order valence-corrected chi connectivity index (χ4v) is 1.63. The van der Waals surface area contributed by atoms with Gasteiger partial charge in [0.15, 0.2) is 0 Å². The summed E-state index contributed by atoms with van der Waals surface area (Å²) in [6.07, 6.45) is 7.42. The monoisotopic (exact) mass is 231 g/mol. The Hall–Kier alpha value is -2.17. The number of aromatic nitrogens is 3. The van der Waals surface area contributed by atoms with Crippen LogP contribution in [-0.4, -0.2) is 9.66 Å². The number of hydrogen-bond acceptors (Lipinski definition) is 3. The highest BCUT2D eigenvalue weighted by atomic mass is 16.2. The number of nitrogens with zero attached hydrogens (tertiary/aromatic N) is 3. The summed E-state index contributed by atoms with van der Waals surface area (Å²) >= 11 is 0. The van der Waals surface area contributed by atoms with Crippen LogP contribution in [0.15, 0.2) is 41.6 Å². The summed E-state index contributed by atoms with van der Waals surface area (Å²) in [4.78, 5) is 15.3. The molecule has 0 spiro atoms. The molecule has 2 aromatic rings. The van der Waals surface area contributed by atoms with Gasteiger partial charge in [-0.2, -0.15) is 4.98 Å². The lowest BCUT2D eigenvalue weighted by atomic mass is 10.2. The fourth-order valence-electron chi connectivity index (χ4n) is 1.63. The smallest absolute Gasteiger partial charge is 0.383 e. The topological polar surface area (TPSA) is 64.8 Å². The third-order valence-electron chi connectivity index (χ3n) is 2.48. The Morgan fingerprint density at radius 1 is 1.35 bits per heavy atom. The van der Waals surface area contributed by atoms with E-state index in [-0.39, 0.29) is 5.82 Å². The number of pyridine rings is 1. The van der Waals surface area contributed by atoms with Crippen LogP contribution >= 0.6 is 0 Å². The average Bonchev–Trinajstić information content (AvgIpc) is 2.31. The maximum absolute atomic E-state index is 11.6. The Morgan fingerprint density at radius 2 is 2.06 bits per heavy atom. The molecule has 88 valence electrons. The van der Waals surface area contributed by atoms with Crippen molar-refractivity contribution in [2.75, 3.05) is 5.73 Å². The van der Waals surface area contributed by atoms with Crippen molar-refractivity contribution in [3.8, 4) is 0 Å². The number of rotatable bonds is 3. The van der Waals surface area contributed by atoms with E-state index in [1.54, 1.807) is 16.9 Å². The highest BCUT2D eigenvalue weighted by molar-refractivity contribution is 5.23. The first-order valence-corrected chi connectivity index (χ1v) is 5.56. The maximum atomic E-state index is 11.6. The molecule has 0 atom stereocenters. The Bertz CT molecular complexity index is 559. The van der Waals surface area contributed by atoms with Crippen molar-refractivity contribution in [3.63, 3.8) is 0 Å². The van der Waals surface area contributed by atoms with Crippen LogP contribution in [-0.2, 0) is 6.42 Å². The summed E-state index contributed by atoms with van der Waals surface area (Å²) in [5.41, 5.74) is 6.30. The zero-order valence-corrected chi connectivity index (χ0v) is 9.71. The molecule has 2 N–H and O–H groups in total. The number of nitrogen functional groups attached to an aromatic ring is 1. The predicted molar refractivity (Wildman–Crippen MR) is 64.3 cm³/mol. The second kappa shape index (κ2) is 4.78. The maximum Gasteiger partial charge on any atom is 0.403 e. The predicted octanol–water partition coefficient (Wildman–Crippen LogP) is 0.377. The quantitative estimate of drug-likeness (QED) is 0.776. The van der Waals surface area contributed by atoms with Crippen molar-refractivity contribution in [1.82, 2.24) is 9.66 Å². The molecular formula is C12H15N4O+. The van der Waals surface area contributed by atoms with Gasteiger partial charge < -0.3 is 5.73 Å². The molecule has 2 aromatic heterocycles. The zero-order valence-electron chi connectivity index (χ0n) is 9.71. The third kappa shape index (κ3) is 2.50. The van der Waals surface area contributed by atoms with Crippen LogP contribution in [0, 0.1) is 0 Å². The first-order chi connectivity index (χ1) is 8.20. The SMILES string of the molecule is CCCc1cc[n+](-n2ccc(N)nc2=O)cc1. The lowest BCUT2D eigenvalue weighted by Gasteiger charge is -2.00. The minimum atomic E-state index is -0.391. The summed E-state index contributed by atoms with van der Waals surface area (Å²) in [6, 6.07) is 5.58. The highest BCUT2D eigenvalue weighted by Crippen LogP contribution is 1.98. The highest BCUT2D eigenvalue weighted by Gasteiger charge is 2.07. The molecule has 0 aliphatic carbocycles. The van der Waals surface area contributed by atoms with Crippen molar-refractivity contribution in [1.29, 1.82) is 0 Å². The molecule has 5 heteroatoms. The van der Waals surface area contributed by atoms with E-state index >= 15 is 0 Å². The molecule has 0 saturated carbocycles. The van der Waals surface area contributed by atoms with Gasteiger partial charge in [-0.25, -0.2) is 4.79 Å². The molecule has 0 amide bonds. The number of nitrogens with two attached hydrogens (primary N) is 1. The summed E-state index contributed by atoms with van der Waals surface area (Å²) in [5.74, 6) is 0.231. The van der Waals surface area contributed by atoms with Crippen molar-refractivity contribution in [3.05, 3.63) is 52.8 Å². The Labute approximate surface area is 99.1 Å². The fraction of sp³-hybridized carbons (Fsp3) is 0.250. The van der Waals surface area contributed by atoms with E-state index in [1.807, 2.05) is 24.5 Å². The van der Waals surface area contributed by atoms with Gasteiger partial charge in [-0.15, -0.1) is 0 Å². The molecule has 0 aliphatic rings. The normalized spacial score (nSPS) is 10.4. The second-order valence-electron chi connectivity index (χ2n) is 3.82. The van der Waals surface area contributed by atoms with Gasteiger partial charge >= 0.3 is 5.69 Å². The Kier molecular flexibility index (Phi) is 3.18. The van der Waals surface area contributed by atoms with E-state index in [9.17, 15) is 4.79 Å². The Morgan fingerprint density at radius 3 is 2.65 bits per heavy atom. The van der Waals surface area contributed by atoms with E-state index in [4.69, 9.17) is 5.73 Å². The van der Waals surface area contributed by atoms with Gasteiger partial charge in [0.1, 0.15) is 5.82 Å². The van der Waals surface area contributed by atoms with Gasteiger partial charge in [0.2, 0.25) is 12.4 Å². The van der Waals surface area contributed by atoms with Crippen molar-refractivity contribution >= 4 is 5.82 Å². The number of anilines is 1. The van der Waals surface area contributed by atoms with Crippen LogP contribution < -0.4 is 16.1 Å². The zero-order chi connectivity index (χ0) is 12.3. The molecule has 2 heterocycles. The molecular weight excluding hydrogens is 216 g/mol. The van der Waals surface area contributed by atoms with Gasteiger partial charge in [-0.1, -0.05) is 22.7 Å². The molecule has 0 unspecified atom stereocenters. The standard InChI is InChI=1S/C12H14N4O/c1-2-3-10-4-7-15(8-5-10)16-9-6-11(13)14-12(16)17/h4-9H,2-3H2,1H3,(H-,13,14,17)/p+1. The van der Waals surface area contributed by atoms with Gasteiger partial charge in [-0.05, 0) is 12.0 Å². The van der Waals surface area contributed by atoms with Crippen molar-refractivity contribution in [2.45, 2.75) is 19.8 Å². The van der Waals surface area contributed by atoms with E-state index < -0.39 is 5.69 Å². The van der Waals surface area contributed by atoms with Crippen LogP contribution in [0.1, 0.15) is 18.9 Å². The van der Waals surface area contributed by atoms with Gasteiger partial charge in [0.25, 0.3) is 0 Å². The van der Waals surface area contributed by atoms with Crippen LogP contribution in [0.2, 0.25) is 0 Å². The van der Waals surface area contributed by atoms with E-state index in [0.29, 0.717) is 0 Å². The largest absolute Gasteiger partial charge is 0.403 e. The summed E-state index contributed by atoms with van der Waals surface area (Å²) in [7, 11) is 0. The van der Waals surface area contributed by atoms with Gasteiger partial charge in [-0.3, -0.25) is 0 Å². The molecule has 5 nitrogen and oxygen atoms in total. The van der Waals surface area contributed by atoms with Crippen LogP contribution in [0.3, 0.4) is 0 Å². The Balaban J connectivity index is 2.36. The molecule has 0 saturated heterocycles. The second-order valence-corrected chi connectivity index (χ2v) is 3.82. The summed E-state index contributed by atoms with van der Waals surface area (Å²) in [5, 5.41) is 0. The minimum absolute atomic E-state index is 0.231. The minimum Gasteiger partial charge on any atom is -0.383 e. The van der Waals surface area contributed by atoms with Gasteiger partial charge in [0.05, 0.1) is 6.20 Å². The number of aryl methyl sites for hydroxylation is 1. The molecule has 0 radical (unpaired) electrons. The number of hydrogen-bond donors (Lipinski definition) is 1. The van der Waals surface area contributed by atoms with Crippen LogP contribution in [0.25, 0.3) is 0 Å². The summed E-state index contributed by atoms with van der Waals surface area (Å²) < 4.78 is 3.07. The summed E-state index contributed by atoms with van der Waals surface area (Å²) in [6.45, 7) is 2.13. The van der Waals surface area contributed by atoms with Crippen LogP contribution in [0.5, 0.6) is 0 Å². The third-order valence-corrected chi connectivity index (χ3v) is 2.48. The molecule has 0 aromatic carbocycles. The van der Waals surface area contributed by atoms with E-state index in [2.05, 4.69) is 11.9 Å². The average molecular weight is 231 g/mol. The molecule has 0 aliphatic heterocycles. The van der Waals surface area contributed by atoms with Crippen molar-refractivity contribution in [2.24, 2.45) is 0 Å². The van der Waals surface area contributed by atoms with E-state index in [0.717, 1.165) is 12.8 Å². The van der Waals surface area contributed by atoms with Crippen LogP contribution in [0.4, 0.5) is 5.82 Å². The first-order valence-electron chi connectivity index (χ1n) is 5.56. The van der Waals surface area contributed by atoms with E-state index in [1.165, 1.54) is 10.2 Å². The van der Waals surface area contributed by atoms with Crippen molar-refractivity contribution < 1.29 is 4.68 Å².